The van der Waals surface area contributed by atoms with Crippen LogP contribution in [0, 0.1) is 0 Å². The van der Waals surface area contributed by atoms with Crippen molar-refractivity contribution in [2.75, 3.05) is 24.4 Å². The Bertz CT molecular complexity index is 1360. The normalized spacial score (nSPS) is 11.7. The van der Waals surface area contributed by atoms with E-state index in [1.165, 1.54) is 17.7 Å². The Morgan fingerprint density at radius 2 is 1.69 bits per heavy atom. The van der Waals surface area contributed by atoms with Crippen LogP contribution in [0.3, 0.4) is 0 Å². The molecule has 0 spiro atoms. The number of nitrogens with one attached hydrogen (secondary N) is 1. The van der Waals surface area contributed by atoms with Gasteiger partial charge in [0.1, 0.15) is 26.9 Å². The second-order valence-electron chi connectivity index (χ2n) is 6.72. The van der Waals surface area contributed by atoms with Crippen LogP contribution in [-0.2, 0) is 0 Å². The van der Waals surface area contributed by atoms with Gasteiger partial charge in [0.15, 0.2) is 5.82 Å². The van der Waals surface area contributed by atoms with Gasteiger partial charge in [-0.15, -0.1) is 11.3 Å². The molecule has 5 rings (SSSR count). The quantitative estimate of drug-likeness (QED) is 0.359. The Hall–Kier alpha value is -3.65. The lowest BCUT2D eigenvalue weighted by Gasteiger charge is -2.11. The summed E-state index contributed by atoms with van der Waals surface area (Å²) in [5.41, 5.74) is 8.48. The van der Waals surface area contributed by atoms with E-state index in [9.17, 15) is 0 Å². The highest BCUT2D eigenvalue weighted by molar-refractivity contribution is 7.25. The first-order chi connectivity index (χ1) is 14.2. The summed E-state index contributed by atoms with van der Waals surface area (Å²) in [5, 5.41) is 4.35. The Morgan fingerprint density at radius 1 is 0.931 bits per heavy atom. The summed E-state index contributed by atoms with van der Waals surface area (Å²) >= 11 is 1.51. The number of fused-ring (bicyclic) bond motifs is 4. The van der Waals surface area contributed by atoms with Gasteiger partial charge in [-0.1, -0.05) is 24.3 Å². The SMILES string of the molecule is CN(C)c1ccc(/C=N/Nc2ncnc3c2sc2nc4ccccc4nc23)cc1. The van der Waals surface area contributed by atoms with Crippen molar-refractivity contribution in [2.45, 2.75) is 0 Å². The van der Waals surface area contributed by atoms with Gasteiger partial charge in [-0.3, -0.25) is 5.43 Å². The second-order valence-corrected chi connectivity index (χ2v) is 7.72. The number of thiophene rings is 1. The predicted octanol–water partition coefficient (Wildman–Crippen LogP) is 4.30. The maximum Gasteiger partial charge on any atom is 0.167 e. The topological polar surface area (TPSA) is 79.2 Å². The van der Waals surface area contributed by atoms with E-state index in [4.69, 9.17) is 9.97 Å². The van der Waals surface area contributed by atoms with Crippen molar-refractivity contribution in [3.63, 3.8) is 0 Å². The number of hydrogen-bond acceptors (Lipinski definition) is 8. The van der Waals surface area contributed by atoms with Gasteiger partial charge in [0.25, 0.3) is 0 Å². The number of benzene rings is 2. The van der Waals surface area contributed by atoms with Crippen molar-refractivity contribution >= 4 is 60.7 Å². The number of hydrogen-bond donors (Lipinski definition) is 1. The Kier molecular flexibility index (Phi) is 4.25. The van der Waals surface area contributed by atoms with Crippen LogP contribution < -0.4 is 10.3 Å². The maximum atomic E-state index is 4.74. The summed E-state index contributed by atoms with van der Waals surface area (Å²) in [7, 11) is 4.03. The maximum absolute atomic E-state index is 4.74. The molecular formula is C21H17N7S. The molecule has 0 atom stereocenters. The second kappa shape index (κ2) is 7.06. The van der Waals surface area contributed by atoms with Gasteiger partial charge in [0.05, 0.1) is 17.2 Å². The highest BCUT2D eigenvalue weighted by atomic mass is 32.1. The third-order valence-electron chi connectivity index (χ3n) is 4.56. The number of para-hydroxylation sites is 2. The standard InChI is InChI=1S/C21H17N7S/c1-28(2)14-9-7-13(8-10-14)11-24-27-20-19-17(22-12-23-20)18-21(29-19)26-16-6-4-3-5-15(16)25-18/h3-12H,1-2H3,(H,22,23,27)/b24-11+. The molecule has 5 aromatic rings. The smallest absolute Gasteiger partial charge is 0.167 e. The van der Waals surface area contributed by atoms with Gasteiger partial charge in [0, 0.05) is 19.8 Å². The molecule has 2 aromatic carbocycles. The van der Waals surface area contributed by atoms with Crippen LogP contribution in [0.5, 0.6) is 0 Å². The third-order valence-corrected chi connectivity index (χ3v) is 5.63. The summed E-state index contributed by atoms with van der Waals surface area (Å²) in [5.74, 6) is 0.644. The minimum Gasteiger partial charge on any atom is -0.378 e. The van der Waals surface area contributed by atoms with Gasteiger partial charge in [-0.05, 0) is 29.8 Å². The van der Waals surface area contributed by atoms with E-state index < -0.39 is 0 Å². The van der Waals surface area contributed by atoms with E-state index in [0.29, 0.717) is 5.82 Å². The van der Waals surface area contributed by atoms with Crippen molar-refractivity contribution in [3.8, 4) is 0 Å². The zero-order chi connectivity index (χ0) is 19.8. The van der Waals surface area contributed by atoms with E-state index in [0.717, 1.165) is 42.8 Å². The van der Waals surface area contributed by atoms with Crippen molar-refractivity contribution in [2.24, 2.45) is 5.10 Å². The van der Waals surface area contributed by atoms with Gasteiger partial charge in [-0.2, -0.15) is 5.10 Å². The minimum absolute atomic E-state index is 0.644. The van der Waals surface area contributed by atoms with Crippen LogP contribution in [0.2, 0.25) is 0 Å². The molecule has 29 heavy (non-hydrogen) atoms. The highest BCUT2D eigenvalue weighted by Crippen LogP contribution is 2.34. The van der Waals surface area contributed by atoms with Crippen LogP contribution in [0.1, 0.15) is 5.56 Å². The fraction of sp³-hybridized carbons (Fsp3) is 0.0952. The Morgan fingerprint density at radius 3 is 2.45 bits per heavy atom. The highest BCUT2D eigenvalue weighted by Gasteiger charge is 2.14. The van der Waals surface area contributed by atoms with Crippen LogP contribution >= 0.6 is 11.3 Å². The Labute approximate surface area is 170 Å². The summed E-state index contributed by atoms with van der Waals surface area (Å²) in [4.78, 5) is 21.1. The number of aromatic nitrogens is 4. The molecule has 8 heteroatoms. The largest absolute Gasteiger partial charge is 0.378 e. The average Bonchev–Trinajstić information content (AvgIpc) is 3.11. The summed E-state index contributed by atoms with van der Waals surface area (Å²) in [6.45, 7) is 0. The fourth-order valence-corrected chi connectivity index (χ4v) is 4.07. The lowest BCUT2D eigenvalue weighted by Crippen LogP contribution is -2.08. The Balaban J connectivity index is 1.49. The first-order valence-electron chi connectivity index (χ1n) is 9.05. The van der Waals surface area contributed by atoms with Gasteiger partial charge >= 0.3 is 0 Å². The first-order valence-corrected chi connectivity index (χ1v) is 9.87. The van der Waals surface area contributed by atoms with Crippen LogP contribution in [0.25, 0.3) is 31.6 Å². The van der Waals surface area contributed by atoms with Crippen LogP contribution in [-0.4, -0.2) is 40.2 Å². The van der Waals surface area contributed by atoms with Crippen molar-refractivity contribution in [1.82, 2.24) is 19.9 Å². The number of hydrazone groups is 1. The lowest BCUT2D eigenvalue weighted by molar-refractivity contribution is 1.13. The molecule has 1 N–H and O–H groups in total. The summed E-state index contributed by atoms with van der Waals surface area (Å²) in [6.07, 6.45) is 3.29. The van der Waals surface area contributed by atoms with E-state index in [-0.39, 0.29) is 0 Å². The van der Waals surface area contributed by atoms with E-state index in [2.05, 4.69) is 37.5 Å². The predicted molar refractivity (Wildman–Crippen MR) is 120 cm³/mol. The van der Waals surface area contributed by atoms with Gasteiger partial charge in [0.2, 0.25) is 0 Å². The summed E-state index contributed by atoms with van der Waals surface area (Å²) in [6, 6.07) is 16.0. The molecule has 0 amide bonds. The van der Waals surface area contributed by atoms with E-state index in [1.807, 2.05) is 50.5 Å². The molecule has 3 heterocycles. The number of nitrogens with zero attached hydrogens (tertiary/aromatic N) is 6. The molecule has 0 bridgehead atoms. The molecular weight excluding hydrogens is 382 g/mol. The molecule has 142 valence electrons. The fourth-order valence-electron chi connectivity index (χ4n) is 3.05. The first kappa shape index (κ1) is 17.4. The van der Waals surface area contributed by atoms with Crippen molar-refractivity contribution in [1.29, 1.82) is 0 Å². The zero-order valence-corrected chi connectivity index (χ0v) is 16.7. The van der Waals surface area contributed by atoms with Gasteiger partial charge in [-0.25, -0.2) is 19.9 Å². The zero-order valence-electron chi connectivity index (χ0n) is 15.9. The number of anilines is 2. The lowest BCUT2D eigenvalue weighted by atomic mass is 10.2. The molecule has 0 saturated carbocycles. The molecule has 0 radical (unpaired) electrons. The monoisotopic (exact) mass is 399 g/mol. The molecule has 7 nitrogen and oxygen atoms in total. The molecule has 0 aliphatic heterocycles. The van der Waals surface area contributed by atoms with E-state index >= 15 is 0 Å². The molecule has 0 unspecified atom stereocenters. The number of rotatable bonds is 4. The van der Waals surface area contributed by atoms with Crippen LogP contribution in [0.15, 0.2) is 60.0 Å². The van der Waals surface area contributed by atoms with E-state index in [1.54, 1.807) is 6.21 Å². The molecule has 0 fully saturated rings. The molecule has 3 aromatic heterocycles. The van der Waals surface area contributed by atoms with Gasteiger partial charge < -0.3 is 4.90 Å². The van der Waals surface area contributed by atoms with Crippen molar-refractivity contribution < 1.29 is 0 Å². The molecule has 0 aliphatic rings. The summed E-state index contributed by atoms with van der Waals surface area (Å²) < 4.78 is 0.887. The van der Waals surface area contributed by atoms with Crippen molar-refractivity contribution in [3.05, 3.63) is 60.4 Å². The minimum atomic E-state index is 0.644. The third kappa shape index (κ3) is 3.23. The molecule has 0 saturated heterocycles. The average molecular weight is 399 g/mol. The molecule has 0 aliphatic carbocycles. The van der Waals surface area contributed by atoms with Crippen LogP contribution in [0.4, 0.5) is 11.5 Å².